The van der Waals surface area contributed by atoms with Crippen LogP contribution in [0.25, 0.3) is 0 Å². The number of nitrogens with zero attached hydrogens (tertiary/aromatic N) is 3. The summed E-state index contributed by atoms with van der Waals surface area (Å²) >= 11 is 1.53. The molecule has 5 heteroatoms. The van der Waals surface area contributed by atoms with Gasteiger partial charge in [-0.3, -0.25) is 9.69 Å². The van der Waals surface area contributed by atoms with Crippen molar-refractivity contribution < 1.29 is 4.79 Å². The van der Waals surface area contributed by atoms with Crippen LogP contribution >= 0.6 is 11.3 Å². The molecule has 19 heavy (non-hydrogen) atoms. The number of carbonyl (C=O) groups excluding carboxylic acids is 1. The maximum atomic E-state index is 11.0. The third kappa shape index (κ3) is 3.15. The van der Waals surface area contributed by atoms with Crippen LogP contribution in [0.5, 0.6) is 0 Å². The standard InChI is InChI=1S/C14H23N3OS/c1-5-11-12(10-18)19-13(15-11)16-6-8-17(9-7-16)14(2,3)4/h10H,5-9H2,1-4H3. The summed E-state index contributed by atoms with van der Waals surface area (Å²) in [6.07, 6.45) is 1.76. The highest BCUT2D eigenvalue weighted by molar-refractivity contribution is 7.17. The first-order valence-corrected chi connectivity index (χ1v) is 7.72. The Hall–Kier alpha value is -0.940. The van der Waals surface area contributed by atoms with Gasteiger partial charge in [0.2, 0.25) is 0 Å². The summed E-state index contributed by atoms with van der Waals surface area (Å²) in [4.78, 5) is 21.2. The van der Waals surface area contributed by atoms with E-state index in [-0.39, 0.29) is 5.54 Å². The Kier molecular flexibility index (Phi) is 4.26. The summed E-state index contributed by atoms with van der Waals surface area (Å²) in [7, 11) is 0. The molecule has 0 radical (unpaired) electrons. The first-order valence-electron chi connectivity index (χ1n) is 6.90. The van der Waals surface area contributed by atoms with E-state index in [0.29, 0.717) is 0 Å². The highest BCUT2D eigenvalue weighted by Crippen LogP contribution is 2.27. The van der Waals surface area contributed by atoms with Crippen LogP contribution in [0.4, 0.5) is 5.13 Å². The summed E-state index contributed by atoms with van der Waals surface area (Å²) in [5, 5.41) is 1.01. The van der Waals surface area contributed by atoms with Crippen molar-refractivity contribution in [3.8, 4) is 0 Å². The fourth-order valence-electron chi connectivity index (χ4n) is 2.40. The molecule has 0 aromatic carbocycles. The van der Waals surface area contributed by atoms with Crippen molar-refractivity contribution in [2.75, 3.05) is 31.1 Å². The SMILES string of the molecule is CCc1nc(N2CCN(C(C)(C)C)CC2)sc1C=O. The minimum absolute atomic E-state index is 0.234. The number of thiazole rings is 1. The maximum absolute atomic E-state index is 11.0. The van der Waals surface area contributed by atoms with Crippen LogP contribution in [-0.2, 0) is 6.42 Å². The van der Waals surface area contributed by atoms with E-state index in [1.54, 1.807) is 0 Å². The van der Waals surface area contributed by atoms with E-state index in [1.165, 1.54) is 11.3 Å². The zero-order chi connectivity index (χ0) is 14.0. The van der Waals surface area contributed by atoms with Gasteiger partial charge in [-0.1, -0.05) is 18.3 Å². The van der Waals surface area contributed by atoms with Gasteiger partial charge in [-0.25, -0.2) is 4.98 Å². The van der Waals surface area contributed by atoms with Gasteiger partial charge in [0, 0.05) is 31.7 Å². The lowest BCUT2D eigenvalue weighted by atomic mass is 10.1. The van der Waals surface area contributed by atoms with E-state index in [0.717, 1.165) is 54.6 Å². The van der Waals surface area contributed by atoms with Gasteiger partial charge in [-0.15, -0.1) is 0 Å². The average Bonchev–Trinajstić information content (AvgIpc) is 2.81. The molecule has 4 nitrogen and oxygen atoms in total. The molecule has 1 aliphatic rings. The highest BCUT2D eigenvalue weighted by Gasteiger charge is 2.27. The lowest BCUT2D eigenvalue weighted by Gasteiger charge is -2.42. The monoisotopic (exact) mass is 281 g/mol. The minimum Gasteiger partial charge on any atom is -0.346 e. The molecule has 1 aliphatic heterocycles. The Bertz CT molecular complexity index is 442. The minimum atomic E-state index is 0.234. The van der Waals surface area contributed by atoms with Gasteiger partial charge in [-0.2, -0.15) is 0 Å². The average molecular weight is 281 g/mol. The Balaban J connectivity index is 2.05. The smallest absolute Gasteiger partial charge is 0.186 e. The predicted octanol–water partition coefficient (Wildman–Crippen LogP) is 2.44. The van der Waals surface area contributed by atoms with Crippen molar-refractivity contribution >= 4 is 22.8 Å². The van der Waals surface area contributed by atoms with Crippen LogP contribution < -0.4 is 4.90 Å². The van der Waals surface area contributed by atoms with Crippen molar-refractivity contribution in [3.63, 3.8) is 0 Å². The first-order chi connectivity index (χ1) is 8.95. The van der Waals surface area contributed by atoms with Crippen LogP contribution in [-0.4, -0.2) is 47.9 Å². The van der Waals surface area contributed by atoms with E-state index in [9.17, 15) is 4.79 Å². The van der Waals surface area contributed by atoms with Crippen LogP contribution in [0.1, 0.15) is 43.1 Å². The second-order valence-electron chi connectivity index (χ2n) is 5.92. The molecule has 1 fully saturated rings. The van der Waals surface area contributed by atoms with E-state index in [4.69, 9.17) is 0 Å². The maximum Gasteiger partial charge on any atom is 0.186 e. The Morgan fingerprint density at radius 1 is 1.26 bits per heavy atom. The molecule has 2 heterocycles. The molecule has 1 aromatic heterocycles. The number of carbonyl (C=O) groups is 1. The molecule has 0 spiro atoms. The second kappa shape index (κ2) is 5.59. The molecular formula is C14H23N3OS. The molecular weight excluding hydrogens is 258 g/mol. The zero-order valence-corrected chi connectivity index (χ0v) is 13.1. The first kappa shape index (κ1) is 14.5. The van der Waals surface area contributed by atoms with Gasteiger partial charge in [-0.05, 0) is 27.2 Å². The number of aromatic nitrogens is 1. The van der Waals surface area contributed by atoms with Crippen LogP contribution in [0, 0.1) is 0 Å². The van der Waals surface area contributed by atoms with E-state index in [1.807, 2.05) is 6.92 Å². The third-order valence-corrected chi connectivity index (χ3v) is 4.74. The molecule has 0 aliphatic carbocycles. The molecule has 0 saturated carbocycles. The lowest BCUT2D eigenvalue weighted by Crippen LogP contribution is -2.53. The molecule has 1 saturated heterocycles. The number of piperazine rings is 1. The quantitative estimate of drug-likeness (QED) is 0.797. The second-order valence-corrected chi connectivity index (χ2v) is 6.93. The van der Waals surface area contributed by atoms with Crippen molar-refractivity contribution in [2.24, 2.45) is 0 Å². The number of hydrogen-bond acceptors (Lipinski definition) is 5. The highest BCUT2D eigenvalue weighted by atomic mass is 32.1. The topological polar surface area (TPSA) is 36.4 Å². The summed E-state index contributed by atoms with van der Waals surface area (Å²) in [5.74, 6) is 0. The van der Waals surface area contributed by atoms with Gasteiger partial charge in [0.15, 0.2) is 11.4 Å². The summed E-state index contributed by atoms with van der Waals surface area (Å²) < 4.78 is 0. The zero-order valence-electron chi connectivity index (χ0n) is 12.3. The Morgan fingerprint density at radius 2 is 1.89 bits per heavy atom. The summed E-state index contributed by atoms with van der Waals surface area (Å²) in [5.41, 5.74) is 1.17. The lowest BCUT2D eigenvalue weighted by molar-refractivity contribution is 0.112. The van der Waals surface area contributed by atoms with Gasteiger partial charge >= 0.3 is 0 Å². The molecule has 2 rings (SSSR count). The van der Waals surface area contributed by atoms with Crippen molar-refractivity contribution in [3.05, 3.63) is 10.6 Å². The summed E-state index contributed by atoms with van der Waals surface area (Å²) in [6.45, 7) is 12.9. The van der Waals surface area contributed by atoms with Gasteiger partial charge in [0.1, 0.15) is 0 Å². The third-order valence-electron chi connectivity index (χ3n) is 3.66. The van der Waals surface area contributed by atoms with Gasteiger partial charge < -0.3 is 4.90 Å². The fraction of sp³-hybridized carbons (Fsp3) is 0.714. The number of hydrogen-bond donors (Lipinski definition) is 0. The van der Waals surface area contributed by atoms with Crippen LogP contribution in [0.2, 0.25) is 0 Å². The van der Waals surface area contributed by atoms with E-state index < -0.39 is 0 Å². The molecule has 0 N–H and O–H groups in total. The molecule has 0 amide bonds. The van der Waals surface area contributed by atoms with Crippen molar-refractivity contribution in [1.29, 1.82) is 0 Å². The molecule has 0 atom stereocenters. The normalized spacial score (nSPS) is 17.8. The van der Waals surface area contributed by atoms with Gasteiger partial charge in [0.05, 0.1) is 10.6 Å². The van der Waals surface area contributed by atoms with E-state index >= 15 is 0 Å². The predicted molar refractivity (Wildman–Crippen MR) is 80.4 cm³/mol. The molecule has 0 bridgehead atoms. The molecule has 0 unspecified atom stereocenters. The number of aldehydes is 1. The number of anilines is 1. The van der Waals surface area contributed by atoms with Gasteiger partial charge in [0.25, 0.3) is 0 Å². The number of rotatable bonds is 3. The Morgan fingerprint density at radius 3 is 2.32 bits per heavy atom. The van der Waals surface area contributed by atoms with Crippen LogP contribution in [0.15, 0.2) is 0 Å². The fourth-order valence-corrected chi connectivity index (χ4v) is 3.42. The largest absolute Gasteiger partial charge is 0.346 e. The van der Waals surface area contributed by atoms with Crippen LogP contribution in [0.3, 0.4) is 0 Å². The van der Waals surface area contributed by atoms with Crippen molar-refractivity contribution in [2.45, 2.75) is 39.7 Å². The van der Waals surface area contributed by atoms with E-state index in [2.05, 4.69) is 35.6 Å². The molecule has 1 aromatic rings. The number of aryl methyl sites for hydroxylation is 1. The Labute approximate surface area is 119 Å². The summed E-state index contributed by atoms with van der Waals surface area (Å²) in [6, 6.07) is 0. The van der Waals surface area contributed by atoms with Crippen molar-refractivity contribution in [1.82, 2.24) is 9.88 Å². The molecule has 106 valence electrons.